The topological polar surface area (TPSA) is 67.5 Å². The van der Waals surface area contributed by atoms with E-state index in [0.717, 1.165) is 24.0 Å². The molecule has 0 fully saturated rings. The predicted molar refractivity (Wildman–Crippen MR) is 91.9 cm³/mol. The molecule has 26 heavy (non-hydrogen) atoms. The molecule has 9 heteroatoms. The van der Waals surface area contributed by atoms with Gasteiger partial charge in [-0.15, -0.1) is 0 Å². The van der Waals surface area contributed by atoms with Gasteiger partial charge in [-0.05, 0) is 18.2 Å². The second-order valence-corrected chi connectivity index (χ2v) is 6.04. The van der Waals surface area contributed by atoms with Crippen molar-refractivity contribution in [1.82, 2.24) is 10.4 Å². The van der Waals surface area contributed by atoms with Gasteiger partial charge in [-0.25, -0.2) is 10.4 Å². The van der Waals surface area contributed by atoms with Crippen molar-refractivity contribution in [2.45, 2.75) is 11.4 Å². The average molecular weight is 379 g/mol. The number of nitrogens with one attached hydrogen (secondary N) is 1. The van der Waals surface area contributed by atoms with Gasteiger partial charge in [-0.1, -0.05) is 42.1 Å². The van der Waals surface area contributed by atoms with Crippen molar-refractivity contribution in [3.8, 4) is 0 Å². The Labute approximate surface area is 150 Å². The number of thioether (sulfide) groups is 1. The van der Waals surface area contributed by atoms with E-state index in [-0.39, 0.29) is 11.3 Å². The van der Waals surface area contributed by atoms with Gasteiger partial charge in [0.05, 0.1) is 17.5 Å². The Morgan fingerprint density at radius 1 is 1.19 bits per heavy atom. The number of nitrogens with zero attached hydrogens (tertiary/aromatic N) is 2. The highest BCUT2D eigenvalue weighted by atomic mass is 32.2. The van der Waals surface area contributed by atoms with Gasteiger partial charge in [0.2, 0.25) is 0 Å². The lowest BCUT2D eigenvalue weighted by Crippen LogP contribution is -2.20. The molecule has 134 valence electrons. The van der Waals surface area contributed by atoms with E-state index in [1.165, 1.54) is 18.2 Å². The fraction of sp³-hybridized carbons (Fsp3) is 0.118. The fourth-order valence-electron chi connectivity index (χ4n) is 2.11. The zero-order valence-corrected chi connectivity index (χ0v) is 14.0. The van der Waals surface area contributed by atoms with E-state index in [4.69, 9.17) is 4.42 Å². The molecule has 1 N–H and O–H groups in total. The summed E-state index contributed by atoms with van der Waals surface area (Å²) in [5, 5.41) is 3.91. The highest BCUT2D eigenvalue weighted by Gasteiger charge is 2.32. The summed E-state index contributed by atoms with van der Waals surface area (Å²) in [6.45, 7) is 0. The molecule has 1 heterocycles. The van der Waals surface area contributed by atoms with Crippen LogP contribution in [0.5, 0.6) is 0 Å². The molecule has 0 aliphatic carbocycles. The summed E-state index contributed by atoms with van der Waals surface area (Å²) >= 11 is 1.06. The normalized spacial score (nSPS) is 12.0. The standard InChI is InChI=1S/C17H12F3N3O2S/c18-17(19,20)12-6-2-1-5-11(12)9-21-23-15(24)10-26-16-22-13-7-3-4-8-14(13)25-16/h1-9H,10H2,(H,23,24). The zero-order chi connectivity index (χ0) is 18.6. The summed E-state index contributed by atoms with van der Waals surface area (Å²) in [6.07, 6.45) is -3.53. The van der Waals surface area contributed by atoms with E-state index in [1.54, 1.807) is 12.1 Å². The molecule has 0 saturated carbocycles. The maximum atomic E-state index is 12.9. The zero-order valence-electron chi connectivity index (χ0n) is 13.2. The molecule has 2 aromatic carbocycles. The first-order valence-electron chi connectivity index (χ1n) is 7.40. The van der Waals surface area contributed by atoms with E-state index in [0.29, 0.717) is 16.3 Å². The first kappa shape index (κ1) is 18.0. The summed E-state index contributed by atoms with van der Waals surface area (Å²) in [7, 11) is 0. The molecule has 0 spiro atoms. The van der Waals surface area contributed by atoms with Crippen LogP contribution in [-0.2, 0) is 11.0 Å². The van der Waals surface area contributed by atoms with Crippen molar-refractivity contribution < 1.29 is 22.4 Å². The van der Waals surface area contributed by atoms with Crippen LogP contribution in [0.1, 0.15) is 11.1 Å². The number of para-hydroxylation sites is 2. The lowest BCUT2D eigenvalue weighted by Gasteiger charge is -2.09. The number of oxazole rings is 1. The molecule has 0 saturated heterocycles. The van der Waals surface area contributed by atoms with Crippen molar-refractivity contribution in [2.24, 2.45) is 5.10 Å². The number of carbonyl (C=O) groups is 1. The summed E-state index contributed by atoms with van der Waals surface area (Å²) < 4.78 is 44.0. The minimum Gasteiger partial charge on any atom is -0.431 e. The van der Waals surface area contributed by atoms with Gasteiger partial charge in [-0.2, -0.15) is 18.3 Å². The quantitative estimate of drug-likeness (QED) is 0.412. The Morgan fingerprint density at radius 3 is 2.69 bits per heavy atom. The Morgan fingerprint density at radius 2 is 1.92 bits per heavy atom. The van der Waals surface area contributed by atoms with Crippen molar-refractivity contribution in [1.29, 1.82) is 0 Å². The van der Waals surface area contributed by atoms with E-state index < -0.39 is 17.6 Å². The first-order valence-corrected chi connectivity index (χ1v) is 8.38. The van der Waals surface area contributed by atoms with Gasteiger partial charge in [0.15, 0.2) is 5.58 Å². The number of hydrazone groups is 1. The largest absolute Gasteiger partial charge is 0.431 e. The molecule has 5 nitrogen and oxygen atoms in total. The number of hydrogen-bond donors (Lipinski definition) is 1. The Bertz CT molecular complexity index is 921. The van der Waals surface area contributed by atoms with E-state index >= 15 is 0 Å². The minimum absolute atomic E-state index is 0.0366. The second-order valence-electron chi connectivity index (χ2n) is 5.11. The number of rotatable bonds is 5. The fourth-order valence-corrected chi connectivity index (χ4v) is 2.74. The maximum Gasteiger partial charge on any atom is 0.417 e. The number of amides is 1. The lowest BCUT2D eigenvalue weighted by molar-refractivity contribution is -0.137. The van der Waals surface area contributed by atoms with Crippen LogP contribution in [0.15, 0.2) is 63.3 Å². The molecule has 0 aliphatic rings. The van der Waals surface area contributed by atoms with Crippen LogP contribution >= 0.6 is 11.8 Å². The lowest BCUT2D eigenvalue weighted by atomic mass is 10.1. The molecule has 0 bridgehead atoms. The minimum atomic E-state index is -4.49. The molecular weight excluding hydrogens is 367 g/mol. The van der Waals surface area contributed by atoms with Crippen LogP contribution < -0.4 is 5.43 Å². The third-order valence-electron chi connectivity index (χ3n) is 3.26. The van der Waals surface area contributed by atoms with Crippen molar-refractivity contribution in [2.75, 3.05) is 5.75 Å². The average Bonchev–Trinajstić information content (AvgIpc) is 3.02. The van der Waals surface area contributed by atoms with Gasteiger partial charge >= 0.3 is 6.18 Å². The van der Waals surface area contributed by atoms with Crippen molar-refractivity contribution >= 4 is 35.0 Å². The molecule has 0 unspecified atom stereocenters. The molecule has 1 amide bonds. The molecule has 1 aromatic heterocycles. The summed E-state index contributed by atoms with van der Waals surface area (Å²) in [5.74, 6) is -0.525. The highest BCUT2D eigenvalue weighted by molar-refractivity contribution is 7.99. The van der Waals surface area contributed by atoms with Crippen LogP contribution in [0.4, 0.5) is 13.2 Å². The van der Waals surface area contributed by atoms with Crippen LogP contribution in [0, 0.1) is 0 Å². The third-order valence-corrected chi connectivity index (χ3v) is 4.09. The predicted octanol–water partition coefficient (Wildman–Crippen LogP) is 4.09. The number of aromatic nitrogens is 1. The number of benzene rings is 2. The smallest absolute Gasteiger partial charge is 0.417 e. The number of hydrogen-bond acceptors (Lipinski definition) is 5. The second kappa shape index (κ2) is 7.61. The number of fused-ring (bicyclic) bond motifs is 1. The number of carbonyl (C=O) groups excluding carboxylic acids is 1. The number of halogens is 3. The summed E-state index contributed by atoms with van der Waals surface area (Å²) in [4.78, 5) is 16.0. The van der Waals surface area contributed by atoms with Crippen LogP contribution in [0.2, 0.25) is 0 Å². The maximum absolute atomic E-state index is 12.9. The summed E-state index contributed by atoms with van der Waals surface area (Å²) in [6, 6.07) is 12.1. The van der Waals surface area contributed by atoms with E-state index in [1.807, 2.05) is 12.1 Å². The third kappa shape index (κ3) is 4.42. The molecular formula is C17H12F3N3O2S. The van der Waals surface area contributed by atoms with Crippen molar-refractivity contribution in [3.05, 3.63) is 59.7 Å². The molecule has 0 aliphatic heterocycles. The Balaban J connectivity index is 1.57. The molecule has 0 atom stereocenters. The number of alkyl halides is 3. The summed E-state index contributed by atoms with van der Waals surface area (Å²) in [5.41, 5.74) is 2.52. The SMILES string of the molecule is O=C(CSc1nc2ccccc2o1)NN=Cc1ccccc1C(F)(F)F. The molecule has 0 radical (unpaired) electrons. The highest BCUT2D eigenvalue weighted by Crippen LogP contribution is 2.31. The first-order chi connectivity index (χ1) is 12.4. The Kier molecular flexibility index (Phi) is 5.27. The van der Waals surface area contributed by atoms with Crippen LogP contribution in [0.3, 0.4) is 0 Å². The molecule has 3 aromatic rings. The Hall–Kier alpha value is -2.81. The van der Waals surface area contributed by atoms with Gasteiger partial charge in [0, 0.05) is 5.56 Å². The monoisotopic (exact) mass is 379 g/mol. The van der Waals surface area contributed by atoms with Gasteiger partial charge in [-0.3, -0.25) is 4.79 Å². The van der Waals surface area contributed by atoms with Gasteiger partial charge in [0.25, 0.3) is 11.1 Å². The van der Waals surface area contributed by atoms with E-state index in [9.17, 15) is 18.0 Å². The van der Waals surface area contributed by atoms with E-state index in [2.05, 4.69) is 15.5 Å². The van der Waals surface area contributed by atoms with Crippen molar-refractivity contribution in [3.63, 3.8) is 0 Å². The van der Waals surface area contributed by atoms with Crippen LogP contribution in [-0.4, -0.2) is 22.9 Å². The van der Waals surface area contributed by atoms with Gasteiger partial charge < -0.3 is 4.42 Å². The van der Waals surface area contributed by atoms with Gasteiger partial charge in [0.1, 0.15) is 5.52 Å². The molecule has 3 rings (SSSR count). The van der Waals surface area contributed by atoms with Crippen LogP contribution in [0.25, 0.3) is 11.1 Å².